The summed E-state index contributed by atoms with van der Waals surface area (Å²) in [6.45, 7) is 0. The molecular formula is C26H16N2. The van der Waals surface area contributed by atoms with Gasteiger partial charge in [-0.15, -0.1) is 0 Å². The van der Waals surface area contributed by atoms with Crippen molar-refractivity contribution in [3.63, 3.8) is 0 Å². The van der Waals surface area contributed by atoms with Gasteiger partial charge < -0.3 is 0 Å². The number of fused-ring (bicyclic) bond motifs is 5. The molecule has 0 aliphatic rings. The lowest BCUT2D eigenvalue weighted by Crippen LogP contribution is -1.88. The fourth-order valence-electron chi connectivity index (χ4n) is 4.10. The van der Waals surface area contributed by atoms with Crippen molar-refractivity contribution < 1.29 is 0 Å². The summed E-state index contributed by atoms with van der Waals surface area (Å²) < 4.78 is 0. The van der Waals surface area contributed by atoms with Gasteiger partial charge in [0.15, 0.2) is 0 Å². The van der Waals surface area contributed by atoms with Crippen LogP contribution < -0.4 is 0 Å². The van der Waals surface area contributed by atoms with Crippen molar-refractivity contribution in [2.75, 3.05) is 0 Å². The third kappa shape index (κ3) is 2.28. The molecule has 0 aliphatic carbocycles. The molecule has 0 spiro atoms. The van der Waals surface area contributed by atoms with Crippen LogP contribution in [0.15, 0.2) is 97.3 Å². The second-order valence-electron chi connectivity index (χ2n) is 7.16. The lowest BCUT2D eigenvalue weighted by Gasteiger charge is -2.10. The topological polar surface area (TPSA) is 25.8 Å². The van der Waals surface area contributed by atoms with Gasteiger partial charge >= 0.3 is 0 Å². The van der Waals surface area contributed by atoms with Crippen molar-refractivity contribution in [3.05, 3.63) is 97.3 Å². The van der Waals surface area contributed by atoms with Gasteiger partial charge in [-0.2, -0.15) is 0 Å². The third-order valence-electron chi connectivity index (χ3n) is 5.48. The van der Waals surface area contributed by atoms with Crippen LogP contribution in [0.5, 0.6) is 0 Å². The second-order valence-corrected chi connectivity index (χ2v) is 7.16. The Labute approximate surface area is 162 Å². The molecule has 0 bridgehead atoms. The van der Waals surface area contributed by atoms with Crippen LogP contribution in [0, 0.1) is 0 Å². The molecule has 130 valence electrons. The molecule has 2 nitrogen and oxygen atoms in total. The molecule has 0 aliphatic heterocycles. The summed E-state index contributed by atoms with van der Waals surface area (Å²) in [6, 6.07) is 30.1. The largest absolute Gasteiger partial charge is 0.254 e. The van der Waals surface area contributed by atoms with E-state index < -0.39 is 0 Å². The summed E-state index contributed by atoms with van der Waals surface area (Å²) in [6.07, 6.45) is 3.80. The lowest BCUT2D eigenvalue weighted by atomic mass is 9.95. The number of aromatic nitrogens is 2. The molecule has 6 rings (SSSR count). The van der Waals surface area contributed by atoms with E-state index in [-0.39, 0.29) is 0 Å². The Bertz CT molecular complexity index is 1520. The number of pyridine rings is 2. The Morgan fingerprint density at radius 1 is 0.500 bits per heavy atom. The number of benzene rings is 4. The summed E-state index contributed by atoms with van der Waals surface area (Å²) in [5, 5.41) is 7.25. The first-order valence-corrected chi connectivity index (χ1v) is 9.42. The van der Waals surface area contributed by atoms with Crippen LogP contribution in [-0.4, -0.2) is 9.97 Å². The predicted molar refractivity (Wildman–Crippen MR) is 117 cm³/mol. The minimum atomic E-state index is 0.951. The van der Waals surface area contributed by atoms with Crippen molar-refractivity contribution in [2.45, 2.75) is 0 Å². The van der Waals surface area contributed by atoms with Crippen LogP contribution in [0.2, 0.25) is 0 Å². The van der Waals surface area contributed by atoms with E-state index in [1.54, 1.807) is 0 Å². The summed E-state index contributed by atoms with van der Waals surface area (Å²) >= 11 is 0. The molecule has 2 aromatic heterocycles. The first-order valence-electron chi connectivity index (χ1n) is 9.42. The van der Waals surface area contributed by atoms with Gasteiger partial charge in [-0.3, -0.25) is 9.97 Å². The monoisotopic (exact) mass is 356 g/mol. The van der Waals surface area contributed by atoms with Crippen LogP contribution in [0.4, 0.5) is 0 Å². The zero-order valence-corrected chi connectivity index (χ0v) is 15.1. The van der Waals surface area contributed by atoms with Crippen LogP contribution >= 0.6 is 0 Å². The first-order chi connectivity index (χ1) is 13.9. The van der Waals surface area contributed by atoms with Crippen LogP contribution in [0.1, 0.15) is 0 Å². The minimum Gasteiger partial charge on any atom is -0.254 e. The predicted octanol–water partition coefficient (Wildman–Crippen LogP) is 6.76. The SMILES string of the molecule is c1ccc2cc3c(-c4cnc5c(ccc6cccnc65)c4)cccc3cc2c1. The van der Waals surface area contributed by atoms with Gasteiger partial charge in [0, 0.05) is 28.7 Å². The van der Waals surface area contributed by atoms with Crippen molar-refractivity contribution in [1.29, 1.82) is 0 Å². The Balaban J connectivity index is 1.63. The van der Waals surface area contributed by atoms with Gasteiger partial charge in [0.05, 0.1) is 11.0 Å². The van der Waals surface area contributed by atoms with E-state index in [0.29, 0.717) is 0 Å². The molecule has 0 unspecified atom stereocenters. The summed E-state index contributed by atoms with van der Waals surface area (Å²) in [7, 11) is 0. The smallest absolute Gasteiger partial charge is 0.0964 e. The highest BCUT2D eigenvalue weighted by molar-refractivity contribution is 6.07. The number of nitrogens with zero attached hydrogens (tertiary/aromatic N) is 2. The highest BCUT2D eigenvalue weighted by Gasteiger charge is 2.09. The van der Waals surface area contributed by atoms with E-state index in [0.717, 1.165) is 27.4 Å². The molecule has 2 heterocycles. The maximum Gasteiger partial charge on any atom is 0.0964 e. The number of hydrogen-bond donors (Lipinski definition) is 0. The van der Waals surface area contributed by atoms with Crippen molar-refractivity contribution >= 4 is 43.4 Å². The van der Waals surface area contributed by atoms with Crippen LogP contribution in [-0.2, 0) is 0 Å². The first kappa shape index (κ1) is 15.3. The molecule has 0 radical (unpaired) electrons. The molecule has 4 aromatic carbocycles. The van der Waals surface area contributed by atoms with E-state index in [1.165, 1.54) is 27.1 Å². The summed E-state index contributed by atoms with van der Waals surface area (Å²) in [5.74, 6) is 0. The van der Waals surface area contributed by atoms with Crippen molar-refractivity contribution in [3.8, 4) is 11.1 Å². The molecule has 0 fully saturated rings. The maximum atomic E-state index is 4.79. The average molecular weight is 356 g/mol. The molecule has 0 atom stereocenters. The normalized spacial score (nSPS) is 11.6. The molecule has 6 aromatic rings. The lowest BCUT2D eigenvalue weighted by molar-refractivity contribution is 1.37. The van der Waals surface area contributed by atoms with E-state index in [9.17, 15) is 0 Å². The van der Waals surface area contributed by atoms with E-state index in [2.05, 4.69) is 83.8 Å². The Hall–Kier alpha value is -3.78. The van der Waals surface area contributed by atoms with Crippen LogP contribution in [0.3, 0.4) is 0 Å². The molecular weight excluding hydrogens is 340 g/mol. The fraction of sp³-hybridized carbons (Fsp3) is 0. The molecule has 2 heteroatoms. The molecule has 0 N–H and O–H groups in total. The third-order valence-corrected chi connectivity index (χ3v) is 5.48. The molecule has 0 saturated heterocycles. The van der Waals surface area contributed by atoms with Gasteiger partial charge in [0.1, 0.15) is 0 Å². The fourth-order valence-corrected chi connectivity index (χ4v) is 4.10. The highest BCUT2D eigenvalue weighted by Crippen LogP contribution is 2.33. The van der Waals surface area contributed by atoms with Crippen molar-refractivity contribution in [2.24, 2.45) is 0 Å². The van der Waals surface area contributed by atoms with E-state index >= 15 is 0 Å². The number of hydrogen-bond acceptors (Lipinski definition) is 2. The zero-order valence-electron chi connectivity index (χ0n) is 15.1. The Kier molecular flexibility index (Phi) is 3.20. The standard InChI is InChI=1S/C26H16N2/c1-2-6-19-15-24-20(13-18(19)5-1)7-3-9-23(24)22-14-21-11-10-17-8-4-12-27-25(17)26(21)28-16-22/h1-16H. The van der Waals surface area contributed by atoms with E-state index in [1.807, 2.05) is 18.5 Å². The molecule has 0 amide bonds. The van der Waals surface area contributed by atoms with Gasteiger partial charge in [-0.05, 0) is 51.4 Å². The van der Waals surface area contributed by atoms with Crippen molar-refractivity contribution in [1.82, 2.24) is 9.97 Å². The molecule has 28 heavy (non-hydrogen) atoms. The van der Waals surface area contributed by atoms with E-state index in [4.69, 9.17) is 4.98 Å². The van der Waals surface area contributed by atoms with Gasteiger partial charge in [0.25, 0.3) is 0 Å². The average Bonchev–Trinajstić information content (AvgIpc) is 2.76. The van der Waals surface area contributed by atoms with Crippen LogP contribution in [0.25, 0.3) is 54.5 Å². The second kappa shape index (κ2) is 5.86. The Morgan fingerprint density at radius 2 is 1.25 bits per heavy atom. The zero-order chi connectivity index (χ0) is 18.5. The van der Waals surface area contributed by atoms with Gasteiger partial charge in [0.2, 0.25) is 0 Å². The molecule has 0 saturated carbocycles. The highest BCUT2D eigenvalue weighted by atomic mass is 14.7. The number of rotatable bonds is 1. The quantitative estimate of drug-likeness (QED) is 0.240. The Morgan fingerprint density at radius 3 is 2.18 bits per heavy atom. The maximum absolute atomic E-state index is 4.79. The summed E-state index contributed by atoms with van der Waals surface area (Å²) in [4.78, 5) is 9.33. The summed E-state index contributed by atoms with van der Waals surface area (Å²) in [5.41, 5.74) is 4.24. The minimum absolute atomic E-state index is 0.951. The van der Waals surface area contributed by atoms with Gasteiger partial charge in [-0.1, -0.05) is 60.7 Å². The van der Waals surface area contributed by atoms with Gasteiger partial charge in [-0.25, -0.2) is 0 Å².